The summed E-state index contributed by atoms with van der Waals surface area (Å²) in [6.07, 6.45) is 0. The van der Waals surface area contributed by atoms with Crippen LogP contribution in [0.4, 0.5) is 0 Å². The summed E-state index contributed by atoms with van der Waals surface area (Å²) in [7, 11) is 1.67. The van der Waals surface area contributed by atoms with E-state index in [0.717, 1.165) is 17.1 Å². The third kappa shape index (κ3) is 4.52. The molecule has 1 aromatic rings. The number of pyridine rings is 1. The molecule has 3 nitrogen and oxygen atoms in total. The number of alkyl halides is 1. The average Bonchev–Trinajstić information content (AvgIpc) is 2.28. The molecule has 0 saturated heterocycles. The van der Waals surface area contributed by atoms with Gasteiger partial charge in [0.25, 0.3) is 0 Å². The van der Waals surface area contributed by atoms with Crippen LogP contribution in [0.15, 0.2) is 12.1 Å². The maximum atomic E-state index is 5.91. The Morgan fingerprint density at radius 1 is 1.41 bits per heavy atom. The number of hydrogen-bond donors (Lipinski definition) is 1. The quantitative estimate of drug-likeness (QED) is 0.795. The molecule has 0 saturated carbocycles. The highest BCUT2D eigenvalue weighted by atomic mass is 35.5. The molecule has 0 spiro atoms. The van der Waals surface area contributed by atoms with E-state index >= 15 is 0 Å². The van der Waals surface area contributed by atoms with E-state index in [9.17, 15) is 0 Å². The molecular weight excluding hydrogens is 236 g/mol. The van der Waals surface area contributed by atoms with Crippen molar-refractivity contribution in [2.24, 2.45) is 5.92 Å². The number of nitrogens with zero attached hydrogens (tertiary/aromatic N) is 1. The standard InChI is InChI=1S/C13H21ClN2O/c1-9(2)13(7-14)15-8-11-6-12(17-4)5-10(3)16-11/h5-6,9,13,15H,7-8H2,1-4H3. The molecule has 4 heteroatoms. The first-order valence-corrected chi connectivity index (χ1v) is 6.41. The van der Waals surface area contributed by atoms with Gasteiger partial charge in [-0.3, -0.25) is 4.98 Å². The Hall–Kier alpha value is -0.800. The maximum Gasteiger partial charge on any atom is 0.122 e. The summed E-state index contributed by atoms with van der Waals surface area (Å²) in [5.41, 5.74) is 1.95. The van der Waals surface area contributed by atoms with Crippen LogP contribution < -0.4 is 10.1 Å². The van der Waals surface area contributed by atoms with Crippen LogP contribution in [0, 0.1) is 12.8 Å². The molecule has 1 aromatic heterocycles. The second kappa shape index (κ2) is 6.82. The van der Waals surface area contributed by atoms with Gasteiger partial charge in [-0.2, -0.15) is 0 Å². The molecule has 0 fully saturated rings. The molecule has 0 radical (unpaired) electrons. The summed E-state index contributed by atoms with van der Waals surface area (Å²) in [4.78, 5) is 4.46. The monoisotopic (exact) mass is 256 g/mol. The van der Waals surface area contributed by atoms with E-state index in [4.69, 9.17) is 16.3 Å². The molecule has 1 heterocycles. The Morgan fingerprint density at radius 2 is 2.12 bits per heavy atom. The third-order valence-corrected chi connectivity index (χ3v) is 3.06. The van der Waals surface area contributed by atoms with Crippen LogP contribution in [0.3, 0.4) is 0 Å². The molecule has 0 amide bonds. The molecule has 17 heavy (non-hydrogen) atoms. The van der Waals surface area contributed by atoms with Crippen LogP contribution in [0.1, 0.15) is 25.2 Å². The van der Waals surface area contributed by atoms with Gasteiger partial charge in [-0.25, -0.2) is 0 Å². The molecule has 0 aliphatic heterocycles. The first-order chi connectivity index (χ1) is 8.06. The van der Waals surface area contributed by atoms with Crippen LogP contribution in [-0.4, -0.2) is 24.0 Å². The number of nitrogens with one attached hydrogen (secondary N) is 1. The summed E-state index contributed by atoms with van der Waals surface area (Å²) in [6.45, 7) is 7.00. The van der Waals surface area contributed by atoms with Crippen molar-refractivity contribution in [3.05, 3.63) is 23.5 Å². The molecular formula is C13H21ClN2O. The highest BCUT2D eigenvalue weighted by molar-refractivity contribution is 6.18. The summed E-state index contributed by atoms with van der Waals surface area (Å²) in [5, 5.41) is 3.41. The first-order valence-electron chi connectivity index (χ1n) is 5.87. The van der Waals surface area contributed by atoms with Crippen LogP contribution in [0.2, 0.25) is 0 Å². The van der Waals surface area contributed by atoms with Crippen molar-refractivity contribution in [1.82, 2.24) is 10.3 Å². The van der Waals surface area contributed by atoms with Gasteiger partial charge in [-0.1, -0.05) is 13.8 Å². The van der Waals surface area contributed by atoms with Crippen molar-refractivity contribution < 1.29 is 4.74 Å². The fourth-order valence-electron chi connectivity index (χ4n) is 1.62. The van der Waals surface area contributed by atoms with Gasteiger partial charge in [0.15, 0.2) is 0 Å². The number of methoxy groups -OCH3 is 1. The lowest BCUT2D eigenvalue weighted by Gasteiger charge is -2.19. The van der Waals surface area contributed by atoms with Crippen molar-refractivity contribution in [3.8, 4) is 5.75 Å². The summed E-state index contributed by atoms with van der Waals surface area (Å²) in [5.74, 6) is 1.97. The summed E-state index contributed by atoms with van der Waals surface area (Å²) >= 11 is 5.91. The van der Waals surface area contributed by atoms with Crippen molar-refractivity contribution in [2.75, 3.05) is 13.0 Å². The number of aromatic nitrogens is 1. The Kier molecular flexibility index (Phi) is 5.72. The molecule has 0 aliphatic carbocycles. The molecule has 0 bridgehead atoms. The smallest absolute Gasteiger partial charge is 0.122 e. The van der Waals surface area contributed by atoms with E-state index < -0.39 is 0 Å². The van der Waals surface area contributed by atoms with Gasteiger partial charge in [0.2, 0.25) is 0 Å². The Balaban J connectivity index is 2.65. The highest BCUT2D eigenvalue weighted by Crippen LogP contribution is 2.13. The lowest BCUT2D eigenvalue weighted by atomic mass is 10.1. The van der Waals surface area contributed by atoms with Crippen molar-refractivity contribution in [2.45, 2.75) is 33.4 Å². The molecule has 0 aliphatic rings. The Bertz CT molecular complexity index is 355. The number of rotatable bonds is 6. The van der Waals surface area contributed by atoms with E-state index in [1.807, 2.05) is 19.1 Å². The molecule has 1 unspecified atom stereocenters. The average molecular weight is 257 g/mol. The fraction of sp³-hybridized carbons (Fsp3) is 0.615. The van der Waals surface area contributed by atoms with Gasteiger partial charge in [-0.05, 0) is 12.8 Å². The second-order valence-corrected chi connectivity index (χ2v) is 4.83. The Morgan fingerprint density at radius 3 is 2.65 bits per heavy atom. The van der Waals surface area contributed by atoms with Gasteiger partial charge in [0.05, 0.1) is 12.8 Å². The minimum atomic E-state index is 0.310. The van der Waals surface area contributed by atoms with Gasteiger partial charge in [0, 0.05) is 36.3 Å². The molecule has 1 N–H and O–H groups in total. The Labute approximate surface area is 109 Å². The summed E-state index contributed by atoms with van der Waals surface area (Å²) < 4.78 is 5.22. The number of halogens is 1. The molecule has 1 atom stereocenters. The van der Waals surface area contributed by atoms with E-state index in [-0.39, 0.29) is 0 Å². The molecule has 96 valence electrons. The predicted molar refractivity (Wildman–Crippen MR) is 71.7 cm³/mol. The van der Waals surface area contributed by atoms with E-state index in [0.29, 0.717) is 24.4 Å². The largest absolute Gasteiger partial charge is 0.497 e. The first kappa shape index (κ1) is 14.3. The van der Waals surface area contributed by atoms with Crippen LogP contribution in [-0.2, 0) is 6.54 Å². The maximum absolute atomic E-state index is 5.91. The van der Waals surface area contributed by atoms with Gasteiger partial charge < -0.3 is 10.1 Å². The van der Waals surface area contributed by atoms with E-state index in [1.165, 1.54) is 0 Å². The van der Waals surface area contributed by atoms with Crippen LogP contribution >= 0.6 is 11.6 Å². The normalized spacial score (nSPS) is 12.8. The number of hydrogen-bond acceptors (Lipinski definition) is 3. The topological polar surface area (TPSA) is 34.1 Å². The van der Waals surface area contributed by atoms with Crippen molar-refractivity contribution in [1.29, 1.82) is 0 Å². The van der Waals surface area contributed by atoms with Gasteiger partial charge in [-0.15, -0.1) is 11.6 Å². The van der Waals surface area contributed by atoms with Crippen molar-refractivity contribution >= 4 is 11.6 Å². The SMILES string of the molecule is COc1cc(C)nc(CNC(CCl)C(C)C)c1. The van der Waals surface area contributed by atoms with Gasteiger partial charge in [0.1, 0.15) is 5.75 Å². The highest BCUT2D eigenvalue weighted by Gasteiger charge is 2.11. The third-order valence-electron chi connectivity index (χ3n) is 2.73. The van der Waals surface area contributed by atoms with E-state index in [2.05, 4.69) is 24.1 Å². The lowest BCUT2D eigenvalue weighted by molar-refractivity contribution is 0.409. The van der Waals surface area contributed by atoms with Crippen LogP contribution in [0.5, 0.6) is 5.75 Å². The predicted octanol–water partition coefficient (Wildman–Crippen LogP) is 2.75. The number of ether oxygens (including phenoxy) is 1. The zero-order valence-corrected chi connectivity index (χ0v) is 11.7. The second-order valence-electron chi connectivity index (χ2n) is 4.53. The zero-order chi connectivity index (χ0) is 12.8. The van der Waals surface area contributed by atoms with Gasteiger partial charge >= 0.3 is 0 Å². The molecule has 1 rings (SSSR count). The van der Waals surface area contributed by atoms with Crippen LogP contribution in [0.25, 0.3) is 0 Å². The zero-order valence-electron chi connectivity index (χ0n) is 11.0. The number of aryl methyl sites for hydroxylation is 1. The fourth-order valence-corrected chi connectivity index (χ4v) is 2.08. The molecule has 0 aromatic carbocycles. The minimum Gasteiger partial charge on any atom is -0.497 e. The minimum absolute atomic E-state index is 0.310. The van der Waals surface area contributed by atoms with Crippen molar-refractivity contribution in [3.63, 3.8) is 0 Å². The van der Waals surface area contributed by atoms with E-state index in [1.54, 1.807) is 7.11 Å². The summed E-state index contributed by atoms with van der Waals surface area (Å²) in [6, 6.07) is 4.18. The lowest BCUT2D eigenvalue weighted by Crippen LogP contribution is -2.35.